The summed E-state index contributed by atoms with van der Waals surface area (Å²) in [4.78, 5) is 4.04. The van der Waals surface area contributed by atoms with Gasteiger partial charge in [-0.25, -0.2) is 18.0 Å². The first kappa shape index (κ1) is 22.4. The Kier molecular flexibility index (Phi) is 5.96. The fraction of sp³-hybridized carbons (Fsp3) is 0.391. The topological polar surface area (TPSA) is 102 Å². The van der Waals surface area contributed by atoms with Crippen LogP contribution in [0.2, 0.25) is 0 Å². The van der Waals surface area contributed by atoms with Gasteiger partial charge in [-0.1, -0.05) is 5.21 Å². The summed E-state index contributed by atoms with van der Waals surface area (Å²) < 4.78 is 37.3. The Hall–Kier alpha value is -3.44. The highest BCUT2D eigenvalue weighted by Gasteiger charge is 2.29. The van der Waals surface area contributed by atoms with E-state index in [2.05, 4.69) is 25.7 Å². The minimum atomic E-state index is -1.05. The number of nitrogens with one attached hydrogen (secondary N) is 1. The van der Waals surface area contributed by atoms with E-state index in [1.165, 1.54) is 12.1 Å². The second-order valence-corrected chi connectivity index (χ2v) is 8.45. The van der Waals surface area contributed by atoms with E-state index in [1.54, 1.807) is 21.5 Å². The lowest BCUT2D eigenvalue weighted by Gasteiger charge is -2.27. The van der Waals surface area contributed by atoms with E-state index in [9.17, 15) is 13.9 Å². The van der Waals surface area contributed by atoms with E-state index in [0.717, 1.165) is 29.5 Å². The molecule has 4 aromatic rings. The highest BCUT2D eigenvalue weighted by atomic mass is 19.1. The lowest BCUT2D eigenvalue weighted by molar-refractivity contribution is 0.114. The zero-order chi connectivity index (χ0) is 23.8. The van der Waals surface area contributed by atoms with Gasteiger partial charge in [-0.05, 0) is 50.6 Å². The summed E-state index contributed by atoms with van der Waals surface area (Å²) in [5.41, 5.74) is 4.00. The van der Waals surface area contributed by atoms with Crippen LogP contribution in [0.5, 0.6) is 5.75 Å². The molecular formula is C23H25F2N7O2. The number of aliphatic hydroxyl groups excluding tert-OH is 1. The second kappa shape index (κ2) is 9.07. The van der Waals surface area contributed by atoms with E-state index in [0.29, 0.717) is 29.1 Å². The van der Waals surface area contributed by atoms with Gasteiger partial charge in [-0.3, -0.25) is 4.98 Å². The van der Waals surface area contributed by atoms with Gasteiger partial charge in [-0.2, -0.15) is 5.10 Å². The fourth-order valence-corrected chi connectivity index (χ4v) is 4.38. The zero-order valence-corrected chi connectivity index (χ0v) is 18.8. The molecule has 1 aliphatic rings. The van der Waals surface area contributed by atoms with E-state index >= 15 is 0 Å². The molecule has 5 rings (SSSR count). The van der Waals surface area contributed by atoms with Gasteiger partial charge in [0.25, 0.3) is 0 Å². The summed E-state index contributed by atoms with van der Waals surface area (Å²) in [5, 5.41) is 26.0. The predicted molar refractivity (Wildman–Crippen MR) is 120 cm³/mol. The molecule has 1 unspecified atom stereocenters. The number of hydrogen-bond acceptors (Lipinski definition) is 7. The van der Waals surface area contributed by atoms with Crippen molar-refractivity contribution >= 4 is 5.52 Å². The SMILES string of the molecule is Cc1cnn2cc(-c3nnn([C@H]4CCNC[C@@H]4F)c3C)cc(OC(CO)c3ccc(F)cn3)c12. The van der Waals surface area contributed by atoms with Gasteiger partial charge in [0.2, 0.25) is 0 Å². The van der Waals surface area contributed by atoms with Gasteiger partial charge in [0, 0.05) is 18.3 Å². The number of hydrogen-bond donors (Lipinski definition) is 2. The van der Waals surface area contributed by atoms with Gasteiger partial charge in [-0.15, -0.1) is 5.10 Å². The first-order valence-electron chi connectivity index (χ1n) is 11.1. The average Bonchev–Trinajstić information content (AvgIpc) is 3.41. The number of alkyl halides is 1. The maximum Gasteiger partial charge on any atom is 0.163 e. The maximum atomic E-state index is 14.5. The van der Waals surface area contributed by atoms with Gasteiger partial charge in [0.05, 0.1) is 36.4 Å². The van der Waals surface area contributed by atoms with E-state index in [4.69, 9.17) is 4.74 Å². The molecule has 1 fully saturated rings. The van der Waals surface area contributed by atoms with Crippen LogP contribution in [-0.4, -0.2) is 60.6 Å². The quantitative estimate of drug-likeness (QED) is 0.448. The Morgan fingerprint density at radius 1 is 1.29 bits per heavy atom. The predicted octanol–water partition coefficient (Wildman–Crippen LogP) is 2.73. The number of halogens is 2. The van der Waals surface area contributed by atoms with Crippen LogP contribution in [0.15, 0.2) is 36.8 Å². The molecule has 0 radical (unpaired) electrons. The standard InChI is InChI=1S/C23H25F2N7O2/c1-13-8-28-31-11-15(22-14(2)32(30-29-22)19-5-6-26-10-17(19)25)7-20(23(13)31)34-21(12-33)18-4-3-16(24)9-27-18/h3-4,7-9,11,17,19,21,26,33H,5-6,10,12H2,1-2H3/t17-,19-,21?/m0/s1. The third-order valence-electron chi connectivity index (χ3n) is 6.16. The summed E-state index contributed by atoms with van der Waals surface area (Å²) >= 11 is 0. The molecule has 4 aromatic heterocycles. The maximum absolute atomic E-state index is 14.5. The number of piperidine rings is 1. The molecule has 9 nitrogen and oxygen atoms in total. The Labute approximate surface area is 194 Å². The number of aliphatic hydroxyl groups is 1. The smallest absolute Gasteiger partial charge is 0.163 e. The number of aryl methyl sites for hydroxylation is 1. The van der Waals surface area contributed by atoms with Crippen LogP contribution < -0.4 is 10.1 Å². The molecule has 0 saturated carbocycles. The van der Waals surface area contributed by atoms with Crippen molar-refractivity contribution in [2.75, 3.05) is 19.7 Å². The van der Waals surface area contributed by atoms with Gasteiger partial charge < -0.3 is 15.2 Å². The van der Waals surface area contributed by atoms with Crippen molar-refractivity contribution in [3.63, 3.8) is 0 Å². The van der Waals surface area contributed by atoms with Crippen molar-refractivity contribution in [1.29, 1.82) is 0 Å². The largest absolute Gasteiger partial charge is 0.479 e. The summed E-state index contributed by atoms with van der Waals surface area (Å²) in [5.74, 6) is -0.0175. The highest BCUT2D eigenvalue weighted by molar-refractivity contribution is 5.72. The number of fused-ring (bicyclic) bond motifs is 1. The van der Waals surface area contributed by atoms with Crippen molar-refractivity contribution in [1.82, 2.24) is 34.9 Å². The monoisotopic (exact) mass is 469 g/mol. The van der Waals surface area contributed by atoms with Gasteiger partial charge >= 0.3 is 0 Å². The summed E-state index contributed by atoms with van der Waals surface area (Å²) in [7, 11) is 0. The van der Waals surface area contributed by atoms with Crippen LogP contribution in [0.25, 0.3) is 16.8 Å². The number of rotatable bonds is 6. The molecule has 178 valence electrons. The van der Waals surface area contributed by atoms with Gasteiger partial charge in [0.15, 0.2) is 6.10 Å². The normalized spacial score (nSPS) is 19.4. The third kappa shape index (κ3) is 4.01. The first-order chi connectivity index (χ1) is 16.5. The Morgan fingerprint density at radius 2 is 2.15 bits per heavy atom. The first-order valence-corrected chi connectivity index (χ1v) is 11.1. The summed E-state index contributed by atoms with van der Waals surface area (Å²) in [6.45, 7) is 4.41. The van der Waals surface area contributed by atoms with Crippen molar-refractivity contribution in [3.8, 4) is 17.0 Å². The molecule has 34 heavy (non-hydrogen) atoms. The minimum absolute atomic E-state index is 0.287. The van der Waals surface area contributed by atoms with Crippen LogP contribution in [0.1, 0.15) is 35.5 Å². The minimum Gasteiger partial charge on any atom is -0.479 e. The van der Waals surface area contributed by atoms with Crippen molar-refractivity contribution in [2.24, 2.45) is 0 Å². The van der Waals surface area contributed by atoms with E-state index in [-0.39, 0.29) is 19.2 Å². The molecule has 11 heteroatoms. The molecule has 5 heterocycles. The lowest BCUT2D eigenvalue weighted by Crippen LogP contribution is -2.39. The van der Waals surface area contributed by atoms with E-state index in [1.807, 2.05) is 20.0 Å². The molecule has 2 N–H and O–H groups in total. The second-order valence-electron chi connectivity index (χ2n) is 8.45. The molecule has 3 atom stereocenters. The lowest BCUT2D eigenvalue weighted by atomic mass is 10.0. The molecule has 1 saturated heterocycles. The average molecular weight is 469 g/mol. The molecule has 0 aliphatic carbocycles. The molecule has 0 amide bonds. The van der Waals surface area contributed by atoms with Gasteiger partial charge in [0.1, 0.15) is 28.9 Å². The Morgan fingerprint density at radius 3 is 2.88 bits per heavy atom. The Bertz CT molecular complexity index is 1300. The van der Waals surface area contributed by atoms with Crippen LogP contribution in [0, 0.1) is 19.7 Å². The van der Waals surface area contributed by atoms with Crippen LogP contribution >= 0.6 is 0 Å². The number of nitrogens with zero attached hydrogens (tertiary/aromatic N) is 6. The van der Waals surface area contributed by atoms with Crippen LogP contribution in [-0.2, 0) is 0 Å². The summed E-state index contributed by atoms with van der Waals surface area (Å²) in [6, 6.07) is 4.16. The van der Waals surface area contributed by atoms with Crippen molar-refractivity contribution < 1.29 is 18.6 Å². The van der Waals surface area contributed by atoms with Crippen LogP contribution in [0.3, 0.4) is 0 Å². The molecule has 0 aromatic carbocycles. The van der Waals surface area contributed by atoms with Crippen molar-refractivity contribution in [2.45, 2.75) is 38.6 Å². The molecular weight excluding hydrogens is 444 g/mol. The molecule has 1 aliphatic heterocycles. The number of ether oxygens (including phenoxy) is 1. The molecule has 0 bridgehead atoms. The van der Waals surface area contributed by atoms with E-state index < -0.39 is 18.1 Å². The third-order valence-corrected chi connectivity index (χ3v) is 6.16. The summed E-state index contributed by atoms with van der Waals surface area (Å²) in [6.07, 6.45) is 3.37. The van der Waals surface area contributed by atoms with Crippen LogP contribution in [0.4, 0.5) is 8.78 Å². The number of pyridine rings is 2. The highest BCUT2D eigenvalue weighted by Crippen LogP contribution is 2.34. The van der Waals surface area contributed by atoms with Crippen molar-refractivity contribution in [3.05, 3.63) is 59.6 Å². The molecule has 0 spiro atoms. The zero-order valence-electron chi connectivity index (χ0n) is 18.8. The Balaban J connectivity index is 1.55. The fourth-order valence-electron chi connectivity index (χ4n) is 4.38. The number of aromatic nitrogens is 6.